The van der Waals surface area contributed by atoms with Gasteiger partial charge < -0.3 is 20.1 Å². The summed E-state index contributed by atoms with van der Waals surface area (Å²) < 4.78 is 48.7. The first-order valence-corrected chi connectivity index (χ1v) is 11.9. The average Bonchev–Trinajstić information content (AvgIpc) is 3.27. The summed E-state index contributed by atoms with van der Waals surface area (Å²) >= 11 is 0. The highest BCUT2D eigenvalue weighted by molar-refractivity contribution is 5.90. The number of aliphatic carboxylic acids is 1. The van der Waals surface area contributed by atoms with Crippen LogP contribution in [0, 0.1) is 23.4 Å². The lowest BCUT2D eigenvalue weighted by atomic mass is 10.0. The van der Waals surface area contributed by atoms with Crippen LogP contribution in [0.1, 0.15) is 39.7 Å². The molecule has 198 valence electrons. The van der Waals surface area contributed by atoms with Crippen LogP contribution in [0.25, 0.3) is 0 Å². The van der Waals surface area contributed by atoms with Gasteiger partial charge in [0.1, 0.15) is 23.1 Å². The molecule has 0 radical (unpaired) electrons. The lowest BCUT2D eigenvalue weighted by Crippen LogP contribution is -2.42. The maximum atomic E-state index is 15.2. The van der Waals surface area contributed by atoms with Gasteiger partial charge in [-0.15, -0.1) is 0 Å². The molecule has 3 heterocycles. The van der Waals surface area contributed by atoms with Gasteiger partial charge in [0, 0.05) is 43.4 Å². The smallest absolute Gasteiger partial charge is 0.407 e. The third-order valence-corrected chi connectivity index (χ3v) is 6.33. The Hall–Kier alpha value is -3.76. The van der Waals surface area contributed by atoms with Crippen LogP contribution in [-0.4, -0.2) is 46.9 Å². The highest BCUT2D eigenvalue weighted by Crippen LogP contribution is 2.38. The molecule has 0 saturated carbocycles. The number of aromatic nitrogens is 1. The number of pyridine rings is 1. The first kappa shape index (κ1) is 26.3. The monoisotopic (exact) mass is 518 g/mol. The summed E-state index contributed by atoms with van der Waals surface area (Å²) in [6, 6.07) is 3.88. The zero-order chi connectivity index (χ0) is 27.1. The van der Waals surface area contributed by atoms with Crippen molar-refractivity contribution in [2.75, 3.05) is 22.9 Å². The van der Waals surface area contributed by atoms with Crippen molar-refractivity contribution < 1.29 is 32.6 Å². The summed E-state index contributed by atoms with van der Waals surface area (Å²) in [7, 11) is 0. The zero-order valence-corrected chi connectivity index (χ0v) is 21.0. The number of benzene rings is 1. The maximum Gasteiger partial charge on any atom is 0.407 e. The highest BCUT2D eigenvalue weighted by Gasteiger charge is 2.33. The molecule has 37 heavy (non-hydrogen) atoms. The van der Waals surface area contributed by atoms with E-state index in [-0.39, 0.29) is 46.8 Å². The molecule has 1 aromatic heterocycles. The van der Waals surface area contributed by atoms with Crippen molar-refractivity contribution in [3.63, 3.8) is 0 Å². The number of carbonyl (C=O) groups excluding carboxylic acids is 1. The fraction of sp³-hybridized carbons (Fsp3) is 0.423. The maximum absolute atomic E-state index is 15.2. The van der Waals surface area contributed by atoms with E-state index in [0.717, 1.165) is 6.07 Å². The van der Waals surface area contributed by atoms with Crippen LogP contribution in [0.3, 0.4) is 0 Å². The van der Waals surface area contributed by atoms with Gasteiger partial charge in [-0.2, -0.15) is 0 Å². The Morgan fingerprint density at radius 1 is 1.16 bits per heavy atom. The summed E-state index contributed by atoms with van der Waals surface area (Å²) in [4.78, 5) is 31.3. The second-order valence-electron chi connectivity index (χ2n) is 10.3. The Labute approximate surface area is 212 Å². The van der Waals surface area contributed by atoms with Gasteiger partial charge >= 0.3 is 12.1 Å². The number of carboxylic acids is 1. The first-order valence-electron chi connectivity index (χ1n) is 11.9. The van der Waals surface area contributed by atoms with E-state index in [1.54, 1.807) is 25.7 Å². The number of carboxylic acid groups (broad SMARTS) is 1. The molecule has 1 unspecified atom stereocenters. The van der Waals surface area contributed by atoms with E-state index in [1.165, 1.54) is 23.2 Å². The fourth-order valence-corrected chi connectivity index (χ4v) is 4.53. The van der Waals surface area contributed by atoms with Crippen LogP contribution >= 0.6 is 0 Å². The Morgan fingerprint density at radius 3 is 2.54 bits per heavy atom. The van der Waals surface area contributed by atoms with Crippen LogP contribution < -0.4 is 15.1 Å². The number of hydrogen-bond donors (Lipinski definition) is 2. The molecular weight excluding hydrogens is 489 g/mol. The number of alkyl carbamates (subject to hydrolysis) is 1. The summed E-state index contributed by atoms with van der Waals surface area (Å²) in [5.41, 5.74) is -0.568. The SMILES string of the molecule is CC(NC(=O)OC(C)(C)C)[C@@H]1CCN(c2nc3c(cc2F)CC(C(=O)O)=CN3c2ccc(F)cc2F)C1. The van der Waals surface area contributed by atoms with Gasteiger partial charge in [0.05, 0.1) is 11.3 Å². The van der Waals surface area contributed by atoms with Crippen LogP contribution in [0.15, 0.2) is 36.0 Å². The molecule has 2 aliphatic rings. The molecule has 2 N–H and O–H groups in total. The largest absolute Gasteiger partial charge is 0.478 e. The van der Waals surface area contributed by atoms with Gasteiger partial charge in [-0.1, -0.05) is 0 Å². The molecule has 2 aliphatic heterocycles. The van der Waals surface area contributed by atoms with Crippen molar-refractivity contribution in [2.24, 2.45) is 5.92 Å². The molecule has 2 atom stereocenters. The van der Waals surface area contributed by atoms with E-state index in [4.69, 9.17) is 4.74 Å². The number of rotatable bonds is 5. The van der Waals surface area contributed by atoms with Gasteiger partial charge in [0.25, 0.3) is 0 Å². The predicted octanol–water partition coefficient (Wildman–Crippen LogP) is 4.90. The van der Waals surface area contributed by atoms with Gasteiger partial charge in [-0.05, 0) is 58.2 Å². The highest BCUT2D eigenvalue weighted by atomic mass is 19.1. The minimum atomic E-state index is -1.24. The van der Waals surface area contributed by atoms with E-state index in [0.29, 0.717) is 25.6 Å². The molecule has 11 heteroatoms. The van der Waals surface area contributed by atoms with Crippen LogP contribution in [-0.2, 0) is 16.0 Å². The normalized spacial score (nSPS) is 18.2. The van der Waals surface area contributed by atoms with Crippen molar-refractivity contribution in [1.29, 1.82) is 0 Å². The van der Waals surface area contributed by atoms with Crippen molar-refractivity contribution in [2.45, 2.75) is 52.2 Å². The Morgan fingerprint density at radius 2 is 1.89 bits per heavy atom. The molecular formula is C26H29F3N4O4. The van der Waals surface area contributed by atoms with E-state index in [2.05, 4.69) is 10.3 Å². The molecule has 1 saturated heterocycles. The minimum Gasteiger partial charge on any atom is -0.478 e. The Bertz CT molecular complexity index is 1260. The number of carbonyl (C=O) groups is 2. The summed E-state index contributed by atoms with van der Waals surface area (Å²) in [5, 5.41) is 12.4. The number of hydrogen-bond acceptors (Lipinski definition) is 6. The van der Waals surface area contributed by atoms with E-state index < -0.39 is 35.1 Å². The standard InChI is InChI=1S/C26H29F3N4O4/c1-14(30-25(36)37-26(2,3)4)15-7-8-32(12-15)23-20(29)10-16-9-17(24(34)35)13-33(22(16)31-23)21-6-5-18(27)11-19(21)28/h5-6,10-11,13-15H,7-9,12H2,1-4H3,(H,30,36)(H,34,35)/t14?,15-/m1/s1. The molecule has 2 aromatic rings. The average molecular weight is 519 g/mol. The van der Waals surface area contributed by atoms with Gasteiger partial charge in [0.2, 0.25) is 0 Å². The lowest BCUT2D eigenvalue weighted by molar-refractivity contribution is -0.132. The molecule has 0 aliphatic carbocycles. The third kappa shape index (κ3) is 5.81. The number of nitrogens with zero attached hydrogens (tertiary/aromatic N) is 3. The van der Waals surface area contributed by atoms with Gasteiger partial charge in [-0.25, -0.2) is 27.7 Å². The second-order valence-corrected chi connectivity index (χ2v) is 10.3. The van der Waals surface area contributed by atoms with Crippen molar-refractivity contribution in [3.05, 3.63) is 59.1 Å². The predicted molar refractivity (Wildman–Crippen MR) is 131 cm³/mol. The summed E-state index contributed by atoms with van der Waals surface area (Å²) in [6.45, 7) is 8.04. The molecule has 1 aromatic carbocycles. The third-order valence-electron chi connectivity index (χ3n) is 6.33. The number of anilines is 3. The van der Waals surface area contributed by atoms with Crippen molar-refractivity contribution >= 4 is 29.4 Å². The van der Waals surface area contributed by atoms with Crippen molar-refractivity contribution in [1.82, 2.24) is 10.3 Å². The number of halogens is 3. The number of nitrogens with one attached hydrogen (secondary N) is 1. The minimum absolute atomic E-state index is 0.00564. The molecule has 4 rings (SSSR count). The quantitative estimate of drug-likeness (QED) is 0.581. The van der Waals surface area contributed by atoms with Crippen LogP contribution in [0.4, 0.5) is 35.3 Å². The zero-order valence-electron chi connectivity index (χ0n) is 21.0. The number of ether oxygens (including phenoxy) is 1. The number of amides is 1. The van der Waals surface area contributed by atoms with E-state index >= 15 is 4.39 Å². The molecule has 1 fully saturated rings. The molecule has 0 bridgehead atoms. The Balaban J connectivity index is 1.61. The van der Waals surface area contributed by atoms with Crippen LogP contribution in [0.5, 0.6) is 0 Å². The molecule has 8 nitrogen and oxygen atoms in total. The Kier molecular flexibility index (Phi) is 7.07. The lowest BCUT2D eigenvalue weighted by Gasteiger charge is -2.30. The topological polar surface area (TPSA) is 95.0 Å². The van der Waals surface area contributed by atoms with Gasteiger partial charge in [-0.3, -0.25) is 4.90 Å². The van der Waals surface area contributed by atoms with Gasteiger partial charge in [0.15, 0.2) is 11.6 Å². The van der Waals surface area contributed by atoms with Crippen molar-refractivity contribution in [3.8, 4) is 0 Å². The fourth-order valence-electron chi connectivity index (χ4n) is 4.53. The number of fused-ring (bicyclic) bond motifs is 1. The first-order chi connectivity index (χ1) is 17.3. The summed E-state index contributed by atoms with van der Waals surface area (Å²) in [5.74, 6) is -3.39. The van der Waals surface area contributed by atoms with Crippen LogP contribution in [0.2, 0.25) is 0 Å². The second kappa shape index (κ2) is 9.95. The summed E-state index contributed by atoms with van der Waals surface area (Å²) in [6.07, 6.45) is 1.24. The molecule has 1 amide bonds. The molecule has 0 spiro atoms. The van der Waals surface area contributed by atoms with E-state index in [9.17, 15) is 23.5 Å². The van der Waals surface area contributed by atoms with E-state index in [1.807, 2.05) is 6.92 Å².